The maximum atomic E-state index is 13.5. The van der Waals surface area contributed by atoms with E-state index in [4.69, 9.17) is 11.6 Å². The van der Waals surface area contributed by atoms with Gasteiger partial charge in [0.15, 0.2) is 0 Å². The third-order valence-electron chi connectivity index (χ3n) is 7.34. The van der Waals surface area contributed by atoms with Crippen molar-refractivity contribution in [1.29, 1.82) is 0 Å². The van der Waals surface area contributed by atoms with E-state index in [0.29, 0.717) is 29.4 Å². The quantitative estimate of drug-likeness (QED) is 0.695. The molecule has 4 rings (SSSR count). The number of carbonyl (C=O) groups is 3. The van der Waals surface area contributed by atoms with E-state index >= 15 is 0 Å². The molecule has 1 aromatic rings. The summed E-state index contributed by atoms with van der Waals surface area (Å²) in [5.74, 6) is -0.538. The predicted molar refractivity (Wildman–Crippen MR) is 130 cm³/mol. The number of piperidine rings is 2. The molecule has 0 aromatic heterocycles. The summed E-state index contributed by atoms with van der Waals surface area (Å²) in [6, 6.07) is 5.39. The van der Waals surface area contributed by atoms with Gasteiger partial charge in [0.2, 0.25) is 5.91 Å². The molecule has 1 aromatic carbocycles. The number of hydrogen-bond donors (Lipinski definition) is 1. The van der Waals surface area contributed by atoms with Gasteiger partial charge in [-0.2, -0.15) is 0 Å². The molecule has 4 amide bonds. The number of anilines is 1. The highest BCUT2D eigenvalue weighted by molar-refractivity contribution is 6.31. The molecule has 7 nitrogen and oxygen atoms in total. The smallest absolute Gasteiger partial charge is 0.320 e. The standard InChI is InChI=1S/C25H35ClN4O3/c1-17-7-5-8-18(2)30(17)24(32)21-15-20(26)10-11-22(21)27-23(31)19-9-6-14-29(16-19)25(33)28-12-3-4-13-28/h10-11,15,17-19H,3-9,12-14,16H2,1-2H3,(H,27,31). The van der Waals surface area contributed by atoms with Gasteiger partial charge in [0.05, 0.1) is 17.2 Å². The van der Waals surface area contributed by atoms with Gasteiger partial charge in [-0.25, -0.2) is 4.79 Å². The van der Waals surface area contributed by atoms with Gasteiger partial charge in [-0.1, -0.05) is 11.6 Å². The highest BCUT2D eigenvalue weighted by Gasteiger charge is 2.34. The molecular weight excluding hydrogens is 440 g/mol. The highest BCUT2D eigenvalue weighted by Crippen LogP contribution is 2.30. The van der Waals surface area contributed by atoms with Crippen molar-refractivity contribution in [2.75, 3.05) is 31.5 Å². The van der Waals surface area contributed by atoms with Crippen molar-refractivity contribution in [3.8, 4) is 0 Å². The van der Waals surface area contributed by atoms with Crippen molar-refractivity contribution >= 4 is 35.1 Å². The number of benzene rings is 1. The van der Waals surface area contributed by atoms with E-state index in [1.165, 1.54) is 0 Å². The predicted octanol–water partition coefficient (Wildman–Crippen LogP) is 4.61. The van der Waals surface area contributed by atoms with E-state index in [9.17, 15) is 14.4 Å². The van der Waals surface area contributed by atoms with Gasteiger partial charge in [-0.15, -0.1) is 0 Å². The number of nitrogens with zero attached hydrogens (tertiary/aromatic N) is 3. The van der Waals surface area contributed by atoms with Crippen molar-refractivity contribution in [3.05, 3.63) is 28.8 Å². The van der Waals surface area contributed by atoms with E-state index < -0.39 is 0 Å². The molecule has 8 heteroatoms. The maximum Gasteiger partial charge on any atom is 0.320 e. The minimum absolute atomic E-state index is 0.0421. The molecule has 3 atom stereocenters. The van der Waals surface area contributed by atoms with Crippen LogP contribution in [0.5, 0.6) is 0 Å². The molecule has 3 unspecified atom stereocenters. The number of carbonyl (C=O) groups excluding carboxylic acids is 3. The van der Waals surface area contributed by atoms with E-state index in [0.717, 1.165) is 58.0 Å². The van der Waals surface area contributed by atoms with Gasteiger partial charge in [-0.3, -0.25) is 9.59 Å². The van der Waals surface area contributed by atoms with Crippen LogP contribution in [0.25, 0.3) is 0 Å². The number of nitrogens with one attached hydrogen (secondary N) is 1. The molecule has 3 aliphatic heterocycles. The maximum absolute atomic E-state index is 13.5. The Balaban J connectivity index is 1.47. The number of urea groups is 1. The van der Waals surface area contributed by atoms with E-state index in [-0.39, 0.29) is 35.8 Å². The van der Waals surface area contributed by atoms with Gasteiger partial charge in [0.1, 0.15) is 0 Å². The van der Waals surface area contributed by atoms with Crippen molar-refractivity contribution in [2.45, 2.75) is 70.9 Å². The van der Waals surface area contributed by atoms with Crippen LogP contribution in [0.1, 0.15) is 69.2 Å². The van der Waals surface area contributed by atoms with Crippen molar-refractivity contribution < 1.29 is 14.4 Å². The minimum Gasteiger partial charge on any atom is -0.333 e. The fraction of sp³-hybridized carbons (Fsp3) is 0.640. The van der Waals surface area contributed by atoms with Gasteiger partial charge in [-0.05, 0) is 77.0 Å². The van der Waals surface area contributed by atoms with Gasteiger partial charge in [0, 0.05) is 43.3 Å². The lowest BCUT2D eigenvalue weighted by atomic mass is 9.95. The second kappa shape index (κ2) is 10.3. The molecule has 0 saturated carbocycles. The molecule has 0 spiro atoms. The molecule has 0 bridgehead atoms. The molecule has 180 valence electrons. The summed E-state index contributed by atoms with van der Waals surface area (Å²) in [5, 5.41) is 3.46. The minimum atomic E-state index is -0.295. The fourth-order valence-corrected chi connectivity index (χ4v) is 5.64. The first-order valence-corrected chi connectivity index (χ1v) is 12.7. The first-order valence-electron chi connectivity index (χ1n) is 12.3. The van der Waals surface area contributed by atoms with E-state index in [1.54, 1.807) is 18.2 Å². The molecule has 3 heterocycles. The Morgan fingerprint density at radius 3 is 2.27 bits per heavy atom. The normalized spacial score (nSPS) is 25.8. The molecular formula is C25H35ClN4O3. The summed E-state index contributed by atoms with van der Waals surface area (Å²) in [4.78, 5) is 45.1. The number of rotatable bonds is 3. The third-order valence-corrected chi connectivity index (χ3v) is 7.57. The highest BCUT2D eigenvalue weighted by atomic mass is 35.5. The molecule has 3 fully saturated rings. The van der Waals surface area contributed by atoms with Crippen molar-refractivity contribution in [2.24, 2.45) is 5.92 Å². The average molecular weight is 475 g/mol. The van der Waals surface area contributed by atoms with Crippen molar-refractivity contribution in [3.63, 3.8) is 0 Å². The summed E-state index contributed by atoms with van der Waals surface area (Å²) >= 11 is 6.24. The summed E-state index contributed by atoms with van der Waals surface area (Å²) in [7, 11) is 0. The lowest BCUT2D eigenvalue weighted by Gasteiger charge is -2.39. The third kappa shape index (κ3) is 5.29. The summed E-state index contributed by atoms with van der Waals surface area (Å²) in [6.45, 7) is 6.85. The van der Waals surface area contributed by atoms with Crippen LogP contribution in [-0.2, 0) is 4.79 Å². The zero-order valence-corrected chi connectivity index (χ0v) is 20.4. The van der Waals surface area contributed by atoms with Crippen molar-refractivity contribution in [1.82, 2.24) is 14.7 Å². The Kier molecular flexibility index (Phi) is 7.47. The lowest BCUT2D eigenvalue weighted by molar-refractivity contribution is -0.121. The Morgan fingerprint density at radius 2 is 1.58 bits per heavy atom. The van der Waals surface area contributed by atoms with E-state index in [2.05, 4.69) is 19.2 Å². The molecule has 0 aliphatic carbocycles. The Hall–Kier alpha value is -2.28. The van der Waals surface area contributed by atoms with Crippen LogP contribution in [0.4, 0.5) is 10.5 Å². The van der Waals surface area contributed by atoms with Gasteiger partial charge in [0.25, 0.3) is 5.91 Å². The second-order valence-corrected chi connectivity index (χ2v) is 10.2. The Bertz CT molecular complexity index is 892. The zero-order valence-electron chi connectivity index (χ0n) is 19.7. The number of hydrogen-bond acceptors (Lipinski definition) is 3. The zero-order chi connectivity index (χ0) is 23.5. The molecule has 3 aliphatic rings. The Labute approximate surface area is 201 Å². The Morgan fingerprint density at radius 1 is 0.909 bits per heavy atom. The number of halogens is 1. The molecule has 33 heavy (non-hydrogen) atoms. The van der Waals surface area contributed by atoms with Crippen LogP contribution in [0.3, 0.4) is 0 Å². The summed E-state index contributed by atoms with van der Waals surface area (Å²) in [5.41, 5.74) is 0.916. The van der Waals surface area contributed by atoms with Gasteiger partial charge < -0.3 is 20.0 Å². The molecule has 1 N–H and O–H groups in total. The lowest BCUT2D eigenvalue weighted by Crippen LogP contribution is -2.49. The van der Waals surface area contributed by atoms with Crippen LogP contribution in [0.15, 0.2) is 18.2 Å². The van der Waals surface area contributed by atoms with Crippen LogP contribution >= 0.6 is 11.6 Å². The topological polar surface area (TPSA) is 73.0 Å². The van der Waals surface area contributed by atoms with Crippen LogP contribution in [-0.4, -0.2) is 70.8 Å². The summed E-state index contributed by atoms with van der Waals surface area (Å²) < 4.78 is 0. The molecule has 0 radical (unpaired) electrons. The second-order valence-electron chi connectivity index (χ2n) is 9.78. The number of amides is 4. The first-order chi connectivity index (χ1) is 15.8. The summed E-state index contributed by atoms with van der Waals surface area (Å²) in [6.07, 6.45) is 6.68. The first kappa shape index (κ1) is 23.9. The molecule has 3 saturated heterocycles. The fourth-order valence-electron chi connectivity index (χ4n) is 5.47. The van der Waals surface area contributed by atoms with Crippen LogP contribution in [0.2, 0.25) is 5.02 Å². The average Bonchev–Trinajstić information content (AvgIpc) is 3.34. The van der Waals surface area contributed by atoms with E-state index in [1.807, 2.05) is 14.7 Å². The van der Waals surface area contributed by atoms with Gasteiger partial charge >= 0.3 is 6.03 Å². The number of likely N-dealkylation sites (tertiary alicyclic amines) is 3. The van der Waals surface area contributed by atoms with Crippen LogP contribution in [0, 0.1) is 5.92 Å². The largest absolute Gasteiger partial charge is 0.333 e. The SMILES string of the molecule is CC1CCCC(C)N1C(=O)c1cc(Cl)ccc1NC(=O)C1CCCN(C(=O)N2CCCC2)C1. The monoisotopic (exact) mass is 474 g/mol. The van der Waals surface area contributed by atoms with Crippen LogP contribution < -0.4 is 5.32 Å².